The number of ether oxygens (including phenoxy) is 1. The van der Waals surface area contributed by atoms with Crippen LogP contribution in [-0.4, -0.2) is 30.1 Å². The molecule has 1 unspecified atom stereocenters. The molecule has 7 nitrogen and oxygen atoms in total. The number of benzene rings is 4. The highest BCUT2D eigenvalue weighted by Gasteiger charge is 2.19. The molecule has 3 N–H and O–H groups in total. The molecule has 0 radical (unpaired) electrons. The minimum atomic E-state index is -0.482. The predicted octanol–water partition coefficient (Wildman–Crippen LogP) is 7.38. The Kier molecular flexibility index (Phi) is 11.0. The number of hydrogen-bond acceptors (Lipinski definition) is 5. The summed E-state index contributed by atoms with van der Waals surface area (Å²) in [5.74, 6) is -0.355. The third-order valence-corrected chi connectivity index (χ3v) is 7.91. The van der Waals surface area contributed by atoms with Gasteiger partial charge in [0.25, 0.3) is 11.8 Å². The number of methoxy groups -OCH3 is 1. The summed E-state index contributed by atoms with van der Waals surface area (Å²) in [6.45, 7) is 1.95. The molecule has 0 saturated heterocycles. The molecule has 0 heterocycles. The van der Waals surface area contributed by atoms with Crippen LogP contribution in [-0.2, 0) is 9.59 Å². The molecular formula is C33H30BrN3O4S. The number of rotatable bonds is 11. The first-order chi connectivity index (χ1) is 20.3. The van der Waals surface area contributed by atoms with Gasteiger partial charge in [-0.1, -0.05) is 65.3 Å². The van der Waals surface area contributed by atoms with Crippen molar-refractivity contribution in [3.8, 4) is 5.75 Å². The van der Waals surface area contributed by atoms with Crippen LogP contribution < -0.4 is 20.7 Å². The Morgan fingerprint density at radius 2 is 1.57 bits per heavy atom. The van der Waals surface area contributed by atoms with Gasteiger partial charge in [-0.25, -0.2) is 0 Å². The van der Waals surface area contributed by atoms with Crippen molar-refractivity contribution < 1.29 is 19.1 Å². The van der Waals surface area contributed by atoms with Crippen LogP contribution in [0.15, 0.2) is 118 Å². The molecular weight excluding hydrogens is 614 g/mol. The van der Waals surface area contributed by atoms with Crippen LogP contribution in [0.5, 0.6) is 5.75 Å². The van der Waals surface area contributed by atoms with Crippen molar-refractivity contribution in [2.75, 3.05) is 17.7 Å². The maximum atomic E-state index is 13.4. The van der Waals surface area contributed by atoms with E-state index in [1.54, 1.807) is 55.7 Å². The Hall–Kier alpha value is -4.34. The van der Waals surface area contributed by atoms with Gasteiger partial charge in [-0.15, -0.1) is 11.8 Å². The lowest BCUT2D eigenvalue weighted by atomic mass is 10.1. The van der Waals surface area contributed by atoms with Crippen molar-refractivity contribution in [2.24, 2.45) is 0 Å². The third kappa shape index (κ3) is 8.83. The first-order valence-electron chi connectivity index (χ1n) is 13.2. The zero-order chi connectivity index (χ0) is 29.9. The quantitative estimate of drug-likeness (QED) is 0.117. The average molecular weight is 645 g/mol. The van der Waals surface area contributed by atoms with Crippen molar-refractivity contribution in [3.05, 3.63) is 124 Å². The molecule has 4 aromatic carbocycles. The normalized spacial score (nSPS) is 11.7. The van der Waals surface area contributed by atoms with Crippen molar-refractivity contribution in [3.63, 3.8) is 0 Å². The van der Waals surface area contributed by atoms with Gasteiger partial charge in [0.1, 0.15) is 11.4 Å². The van der Waals surface area contributed by atoms with E-state index in [-0.39, 0.29) is 16.9 Å². The van der Waals surface area contributed by atoms with Gasteiger partial charge in [-0.3, -0.25) is 14.4 Å². The highest BCUT2D eigenvalue weighted by molar-refractivity contribution is 9.10. The number of carbonyl (C=O) groups excluding carboxylic acids is 3. The molecule has 0 aliphatic carbocycles. The fraction of sp³-hybridized carbons (Fsp3) is 0.121. The minimum Gasteiger partial charge on any atom is -0.497 e. The van der Waals surface area contributed by atoms with Crippen molar-refractivity contribution in [1.29, 1.82) is 0 Å². The maximum absolute atomic E-state index is 13.4. The molecule has 42 heavy (non-hydrogen) atoms. The molecule has 0 aliphatic heterocycles. The third-order valence-electron chi connectivity index (χ3n) is 6.06. The lowest BCUT2D eigenvalue weighted by Gasteiger charge is -2.16. The number of hydrogen-bond donors (Lipinski definition) is 3. The van der Waals surface area contributed by atoms with Crippen LogP contribution in [0.4, 0.5) is 11.4 Å². The van der Waals surface area contributed by atoms with Crippen molar-refractivity contribution >= 4 is 62.9 Å². The summed E-state index contributed by atoms with van der Waals surface area (Å²) < 4.78 is 6.09. The highest BCUT2D eigenvalue weighted by Crippen LogP contribution is 2.29. The van der Waals surface area contributed by atoms with Crippen LogP contribution in [0.3, 0.4) is 0 Å². The number of halogens is 1. The largest absolute Gasteiger partial charge is 0.497 e. The highest BCUT2D eigenvalue weighted by atomic mass is 79.9. The van der Waals surface area contributed by atoms with Gasteiger partial charge in [-0.05, 0) is 72.7 Å². The Labute approximate surface area is 257 Å². The fourth-order valence-corrected chi connectivity index (χ4v) is 5.39. The van der Waals surface area contributed by atoms with Crippen LogP contribution >= 0.6 is 27.7 Å². The van der Waals surface area contributed by atoms with Crippen LogP contribution in [0, 0.1) is 0 Å². The van der Waals surface area contributed by atoms with Gasteiger partial charge in [0.2, 0.25) is 5.91 Å². The van der Waals surface area contributed by atoms with Gasteiger partial charge in [0.05, 0.1) is 12.4 Å². The van der Waals surface area contributed by atoms with E-state index < -0.39 is 11.8 Å². The average Bonchev–Trinajstić information content (AvgIpc) is 3.00. The standard InChI is InChI=1S/C33H30BrN3O4S/c1-3-30(33(40)36-25-14-8-16-27(20-25)41-2)42-28-17-9-15-26(21-28)35-32(39)29(19-22-10-7-13-24(34)18-22)37-31(38)23-11-5-4-6-12-23/h4-21,30H,3H2,1-2H3,(H,35,39)(H,36,40)(H,37,38)/b29-19+. The van der Waals surface area contributed by atoms with E-state index in [0.717, 1.165) is 14.9 Å². The summed E-state index contributed by atoms with van der Waals surface area (Å²) >= 11 is 4.85. The Morgan fingerprint density at radius 1 is 0.857 bits per heavy atom. The second kappa shape index (κ2) is 15.0. The molecule has 9 heteroatoms. The molecule has 4 rings (SSSR count). The summed E-state index contributed by atoms with van der Waals surface area (Å²) in [7, 11) is 1.58. The molecule has 0 aliphatic rings. The fourth-order valence-electron chi connectivity index (χ4n) is 3.96. The second-order valence-corrected chi connectivity index (χ2v) is 11.3. The molecule has 0 spiro atoms. The molecule has 3 amide bonds. The van der Waals surface area contributed by atoms with E-state index >= 15 is 0 Å². The van der Waals surface area contributed by atoms with E-state index in [2.05, 4.69) is 31.9 Å². The van der Waals surface area contributed by atoms with Gasteiger partial charge in [-0.2, -0.15) is 0 Å². The van der Waals surface area contributed by atoms with Crippen LogP contribution in [0.2, 0.25) is 0 Å². The van der Waals surface area contributed by atoms with Gasteiger partial charge < -0.3 is 20.7 Å². The van der Waals surface area contributed by atoms with E-state index in [9.17, 15) is 14.4 Å². The number of nitrogens with one attached hydrogen (secondary N) is 3. The Balaban J connectivity index is 1.49. The summed E-state index contributed by atoms with van der Waals surface area (Å²) in [4.78, 5) is 40.2. The lowest BCUT2D eigenvalue weighted by molar-refractivity contribution is -0.116. The number of thioether (sulfide) groups is 1. The number of anilines is 2. The van der Waals surface area contributed by atoms with E-state index in [1.165, 1.54) is 11.8 Å². The lowest BCUT2D eigenvalue weighted by Crippen LogP contribution is -2.30. The Bertz CT molecular complexity index is 1590. The Morgan fingerprint density at radius 3 is 2.29 bits per heavy atom. The first-order valence-corrected chi connectivity index (χ1v) is 14.9. The predicted molar refractivity (Wildman–Crippen MR) is 173 cm³/mol. The molecule has 4 aromatic rings. The zero-order valence-corrected chi connectivity index (χ0v) is 25.5. The van der Waals surface area contributed by atoms with Crippen molar-refractivity contribution in [1.82, 2.24) is 5.32 Å². The maximum Gasteiger partial charge on any atom is 0.272 e. The van der Waals surface area contributed by atoms with Gasteiger partial charge in [0, 0.05) is 32.4 Å². The van der Waals surface area contributed by atoms with E-state index in [4.69, 9.17) is 4.74 Å². The van der Waals surface area contributed by atoms with E-state index in [1.807, 2.05) is 67.6 Å². The van der Waals surface area contributed by atoms with E-state index in [0.29, 0.717) is 29.1 Å². The molecule has 0 aromatic heterocycles. The topological polar surface area (TPSA) is 96.5 Å². The summed E-state index contributed by atoms with van der Waals surface area (Å²) in [5, 5.41) is 8.22. The van der Waals surface area contributed by atoms with Crippen LogP contribution in [0.1, 0.15) is 29.3 Å². The summed E-state index contributed by atoms with van der Waals surface area (Å²) in [5.41, 5.74) is 2.44. The minimum absolute atomic E-state index is 0.0871. The molecule has 0 fully saturated rings. The number of carbonyl (C=O) groups is 3. The summed E-state index contributed by atoms with van der Waals surface area (Å²) in [6, 6.07) is 30.6. The van der Waals surface area contributed by atoms with Gasteiger partial charge in [0.15, 0.2) is 0 Å². The van der Waals surface area contributed by atoms with Crippen LogP contribution in [0.25, 0.3) is 6.08 Å². The van der Waals surface area contributed by atoms with Crippen molar-refractivity contribution in [2.45, 2.75) is 23.5 Å². The number of amides is 3. The molecule has 0 bridgehead atoms. The SMILES string of the molecule is CCC(Sc1cccc(NC(=O)/C(=C\c2cccc(Br)c2)NC(=O)c2ccccc2)c1)C(=O)Nc1cccc(OC)c1. The first kappa shape index (κ1) is 30.6. The summed E-state index contributed by atoms with van der Waals surface area (Å²) in [6.07, 6.45) is 2.22. The monoisotopic (exact) mass is 643 g/mol. The molecule has 214 valence electrons. The van der Waals surface area contributed by atoms with Gasteiger partial charge >= 0.3 is 0 Å². The molecule has 1 atom stereocenters. The molecule has 0 saturated carbocycles. The second-order valence-electron chi connectivity index (χ2n) is 9.15. The smallest absolute Gasteiger partial charge is 0.272 e. The zero-order valence-electron chi connectivity index (χ0n) is 23.1.